The molecule has 0 aliphatic heterocycles. The van der Waals surface area contributed by atoms with Crippen LogP contribution >= 0.6 is 0 Å². The molecule has 0 aromatic heterocycles. The summed E-state index contributed by atoms with van der Waals surface area (Å²) in [5, 5.41) is 45.5. The molecule has 48 valence electrons. The van der Waals surface area contributed by atoms with Crippen molar-refractivity contribution in [2.24, 2.45) is 0 Å². The van der Waals surface area contributed by atoms with Gasteiger partial charge in [0.15, 0.2) is 0 Å². The van der Waals surface area contributed by atoms with Gasteiger partial charge in [-0.25, -0.2) is 0 Å². The SMILES string of the molecule is [Na+].[Na+].[O-]B(O)O.[O-]B(O)O. The van der Waals surface area contributed by atoms with Gasteiger partial charge in [0.05, 0.1) is 0 Å². The minimum Gasteiger partial charge on any atom is -0.832 e. The minimum atomic E-state index is -2.42. The summed E-state index contributed by atoms with van der Waals surface area (Å²) in [6.45, 7) is 0. The van der Waals surface area contributed by atoms with Crippen molar-refractivity contribution in [1.82, 2.24) is 0 Å². The summed E-state index contributed by atoms with van der Waals surface area (Å²) in [5.41, 5.74) is 0. The third kappa shape index (κ3) is 219. The Hall–Kier alpha value is 1.89. The predicted molar refractivity (Wildman–Crippen MR) is 20.4 cm³/mol. The van der Waals surface area contributed by atoms with Gasteiger partial charge in [-0.15, -0.1) is 0 Å². The van der Waals surface area contributed by atoms with Crippen molar-refractivity contribution in [3.8, 4) is 0 Å². The second kappa shape index (κ2) is 17.1. The molecule has 0 aliphatic rings. The van der Waals surface area contributed by atoms with Crippen molar-refractivity contribution in [3.63, 3.8) is 0 Å². The van der Waals surface area contributed by atoms with Crippen LogP contribution in [0.5, 0.6) is 0 Å². The molecule has 4 N–H and O–H groups in total. The smallest absolute Gasteiger partial charge is 0.832 e. The molecule has 0 amide bonds. The van der Waals surface area contributed by atoms with E-state index in [4.69, 9.17) is 30.1 Å². The maximum Gasteiger partial charge on any atom is 1.00 e. The predicted octanol–water partition coefficient (Wildman–Crippen LogP) is -11.4. The topological polar surface area (TPSA) is 127 Å². The van der Waals surface area contributed by atoms with E-state index >= 15 is 0 Å². The molecule has 0 rings (SSSR count). The summed E-state index contributed by atoms with van der Waals surface area (Å²) in [7, 11) is -4.83. The maximum absolute atomic E-state index is 8.64. The molecule has 0 heterocycles. The average Bonchev–Trinajstić information content (AvgIpc) is 1.25. The zero-order valence-electron chi connectivity index (χ0n) is 5.76. The summed E-state index contributed by atoms with van der Waals surface area (Å²) >= 11 is 0. The molecule has 0 unspecified atom stereocenters. The molecule has 6 nitrogen and oxygen atoms in total. The van der Waals surface area contributed by atoms with Gasteiger partial charge in [0.1, 0.15) is 0 Å². The monoisotopic (exact) mass is 168 g/mol. The molecular weight excluding hydrogens is 164 g/mol. The molecule has 0 fully saturated rings. The van der Waals surface area contributed by atoms with Gasteiger partial charge in [0, 0.05) is 0 Å². The van der Waals surface area contributed by atoms with Crippen LogP contribution in [0.25, 0.3) is 0 Å². The van der Waals surface area contributed by atoms with E-state index in [2.05, 4.69) is 0 Å². The van der Waals surface area contributed by atoms with Crippen LogP contribution in [-0.4, -0.2) is 34.7 Å². The van der Waals surface area contributed by atoms with Crippen LogP contribution in [0.4, 0.5) is 0 Å². The second-order valence-corrected chi connectivity index (χ2v) is 0.653. The molecule has 10 heavy (non-hydrogen) atoms. The van der Waals surface area contributed by atoms with Gasteiger partial charge in [-0.05, 0) is 0 Å². The second-order valence-electron chi connectivity index (χ2n) is 0.653. The molecule has 0 aromatic rings. The molecule has 0 aliphatic carbocycles. The Balaban J connectivity index is -0.0000000300. The third-order valence-corrected chi connectivity index (χ3v) is 0. The molecule has 0 bridgehead atoms. The van der Waals surface area contributed by atoms with E-state index in [1.807, 2.05) is 0 Å². The minimum absolute atomic E-state index is 0. The average molecular weight is 168 g/mol. The van der Waals surface area contributed by atoms with Crippen molar-refractivity contribution in [3.05, 3.63) is 0 Å². The van der Waals surface area contributed by atoms with Gasteiger partial charge in [-0.2, -0.15) is 0 Å². The number of hydrogen-bond acceptors (Lipinski definition) is 6. The molecule has 0 atom stereocenters. The van der Waals surface area contributed by atoms with E-state index in [1.165, 1.54) is 0 Å². The van der Waals surface area contributed by atoms with Crippen LogP contribution in [0.15, 0.2) is 0 Å². The maximum atomic E-state index is 8.64. The van der Waals surface area contributed by atoms with E-state index in [1.54, 1.807) is 0 Å². The molecule has 10 heteroatoms. The van der Waals surface area contributed by atoms with Crippen molar-refractivity contribution >= 4 is 14.6 Å². The van der Waals surface area contributed by atoms with Crippen LogP contribution in [-0.2, 0) is 0 Å². The van der Waals surface area contributed by atoms with Crippen molar-refractivity contribution < 1.29 is 89.3 Å². The van der Waals surface area contributed by atoms with Gasteiger partial charge in [-0.1, -0.05) is 0 Å². The van der Waals surface area contributed by atoms with Gasteiger partial charge in [-0.3, -0.25) is 0 Å². The summed E-state index contributed by atoms with van der Waals surface area (Å²) in [6.07, 6.45) is 0. The molecule has 0 radical (unpaired) electrons. The summed E-state index contributed by atoms with van der Waals surface area (Å²) < 4.78 is 0. The Bertz CT molecular complexity index is 29.2. The Morgan fingerprint density at radius 3 is 0.700 bits per heavy atom. The molecule has 0 spiro atoms. The van der Waals surface area contributed by atoms with Crippen LogP contribution in [0.3, 0.4) is 0 Å². The quantitative estimate of drug-likeness (QED) is 0.266. The Morgan fingerprint density at radius 2 is 0.700 bits per heavy atom. The molecular formula is H4B2Na2O6. The van der Waals surface area contributed by atoms with Gasteiger partial charge in [0.25, 0.3) is 0 Å². The zero-order valence-corrected chi connectivity index (χ0v) is 9.76. The van der Waals surface area contributed by atoms with Gasteiger partial charge in [0.2, 0.25) is 0 Å². The fraction of sp³-hybridized carbons (Fsp3) is 0. The van der Waals surface area contributed by atoms with Crippen molar-refractivity contribution in [1.29, 1.82) is 0 Å². The third-order valence-electron chi connectivity index (χ3n) is 0. The zero-order chi connectivity index (χ0) is 7.15. The Morgan fingerprint density at radius 1 is 0.700 bits per heavy atom. The van der Waals surface area contributed by atoms with E-state index in [-0.39, 0.29) is 59.1 Å². The fourth-order valence-corrected chi connectivity index (χ4v) is 0. The number of rotatable bonds is 0. The summed E-state index contributed by atoms with van der Waals surface area (Å²) in [4.78, 5) is 0. The molecule has 0 aromatic carbocycles. The Kier molecular flexibility index (Phi) is 38.8. The van der Waals surface area contributed by atoms with E-state index in [9.17, 15) is 0 Å². The van der Waals surface area contributed by atoms with Gasteiger partial charge < -0.3 is 30.1 Å². The number of hydrogen-bond donors (Lipinski definition) is 4. The summed E-state index contributed by atoms with van der Waals surface area (Å²) in [6, 6.07) is 0. The van der Waals surface area contributed by atoms with Crippen molar-refractivity contribution in [2.75, 3.05) is 0 Å². The van der Waals surface area contributed by atoms with Crippen LogP contribution < -0.4 is 69.2 Å². The van der Waals surface area contributed by atoms with E-state index < -0.39 is 14.6 Å². The van der Waals surface area contributed by atoms with Crippen LogP contribution in [0.1, 0.15) is 0 Å². The molecule has 0 saturated heterocycles. The first-order chi connectivity index (χ1) is 3.46. The van der Waals surface area contributed by atoms with Crippen LogP contribution in [0, 0.1) is 0 Å². The fourth-order valence-electron chi connectivity index (χ4n) is 0. The van der Waals surface area contributed by atoms with Crippen molar-refractivity contribution in [2.45, 2.75) is 0 Å². The first kappa shape index (κ1) is 22.7. The van der Waals surface area contributed by atoms with E-state index in [0.29, 0.717) is 0 Å². The van der Waals surface area contributed by atoms with E-state index in [0.717, 1.165) is 0 Å². The molecule has 0 saturated carbocycles. The summed E-state index contributed by atoms with van der Waals surface area (Å²) in [5.74, 6) is 0. The normalized spacial score (nSPS) is 5.40. The largest absolute Gasteiger partial charge is 1.00 e. The first-order valence-electron chi connectivity index (χ1n) is 1.50. The Labute approximate surface area is 103 Å². The van der Waals surface area contributed by atoms with Gasteiger partial charge >= 0.3 is 73.8 Å². The van der Waals surface area contributed by atoms with Crippen LogP contribution in [0.2, 0.25) is 0 Å². The first-order valence-corrected chi connectivity index (χ1v) is 1.50. The standard InChI is InChI=1S/2BH2O3.2Na/c2*2-1(3)4;;/h2*2-3H;;/q2*-1;2*+1.